The van der Waals surface area contributed by atoms with Gasteiger partial charge in [0.15, 0.2) is 0 Å². The topological polar surface area (TPSA) is 70.2 Å². The average Bonchev–Trinajstić information content (AvgIpc) is 2.52. The number of carbonyl (C=O) groups excluding carboxylic acids is 2. The molecule has 25 heavy (non-hydrogen) atoms. The zero-order valence-electron chi connectivity index (χ0n) is 15.0. The lowest BCUT2D eigenvalue weighted by molar-refractivity contribution is -0.132. The Morgan fingerprint density at radius 3 is 2.20 bits per heavy atom. The number of rotatable bonds is 5. The van der Waals surface area contributed by atoms with E-state index < -0.39 is 0 Å². The van der Waals surface area contributed by atoms with E-state index >= 15 is 0 Å². The van der Waals surface area contributed by atoms with Crippen LogP contribution < -0.4 is 16.0 Å². The second-order valence-corrected chi connectivity index (χ2v) is 8.98. The van der Waals surface area contributed by atoms with Gasteiger partial charge in [0.05, 0.1) is 6.54 Å². The highest BCUT2D eigenvalue weighted by molar-refractivity contribution is 5.85. The summed E-state index contributed by atoms with van der Waals surface area (Å²) in [7, 11) is 0. The number of nitrogens with one attached hydrogen (secondary N) is 3. The Bertz CT molecular complexity index is 470. The number of hydrogen-bond donors (Lipinski definition) is 3. The van der Waals surface area contributed by atoms with Crippen LogP contribution in [0.25, 0.3) is 0 Å². The van der Waals surface area contributed by atoms with Crippen molar-refractivity contribution in [2.24, 2.45) is 23.2 Å². The summed E-state index contributed by atoms with van der Waals surface area (Å²) in [5.74, 6) is 2.62. The van der Waals surface area contributed by atoms with Crippen molar-refractivity contribution >= 4 is 24.2 Å². The molecule has 142 valence electrons. The number of halogens is 1. The Morgan fingerprint density at radius 1 is 1.00 bits per heavy atom. The quantitative estimate of drug-likeness (QED) is 0.694. The first-order chi connectivity index (χ1) is 11.6. The Morgan fingerprint density at radius 2 is 1.64 bits per heavy atom. The molecular weight excluding hydrogens is 338 g/mol. The van der Waals surface area contributed by atoms with Gasteiger partial charge in [-0.05, 0) is 81.1 Å². The third-order valence-corrected chi connectivity index (χ3v) is 6.81. The molecule has 4 aliphatic carbocycles. The fourth-order valence-electron chi connectivity index (χ4n) is 6.34. The lowest BCUT2D eigenvalue weighted by Crippen LogP contribution is -2.50. The molecule has 4 saturated carbocycles. The highest BCUT2D eigenvalue weighted by Gasteiger charge is 2.51. The van der Waals surface area contributed by atoms with E-state index in [0.717, 1.165) is 43.7 Å². The molecule has 5 rings (SSSR count). The molecule has 1 aliphatic heterocycles. The van der Waals surface area contributed by atoms with Crippen LogP contribution in [-0.2, 0) is 9.59 Å². The van der Waals surface area contributed by atoms with Crippen LogP contribution in [0.4, 0.5) is 0 Å². The van der Waals surface area contributed by atoms with Gasteiger partial charge >= 0.3 is 0 Å². The highest BCUT2D eigenvalue weighted by atomic mass is 35.5. The summed E-state index contributed by atoms with van der Waals surface area (Å²) in [6, 6.07) is 0.214. The van der Waals surface area contributed by atoms with E-state index in [0.29, 0.717) is 6.42 Å². The minimum atomic E-state index is -0.0532. The van der Waals surface area contributed by atoms with Crippen molar-refractivity contribution in [1.82, 2.24) is 16.0 Å². The summed E-state index contributed by atoms with van der Waals surface area (Å²) in [6.07, 6.45) is 10.7. The molecule has 0 spiro atoms. The zero-order valence-corrected chi connectivity index (χ0v) is 15.8. The van der Waals surface area contributed by atoms with Crippen LogP contribution in [0.3, 0.4) is 0 Å². The van der Waals surface area contributed by atoms with Crippen molar-refractivity contribution in [3.05, 3.63) is 0 Å². The Labute approximate surface area is 156 Å². The van der Waals surface area contributed by atoms with Gasteiger partial charge in [0.1, 0.15) is 0 Å². The minimum absolute atomic E-state index is 0. The average molecular weight is 370 g/mol. The number of amides is 2. The van der Waals surface area contributed by atoms with Crippen LogP contribution in [-0.4, -0.2) is 37.5 Å². The van der Waals surface area contributed by atoms with Crippen molar-refractivity contribution in [2.75, 3.05) is 19.6 Å². The molecule has 1 atom stereocenters. The van der Waals surface area contributed by atoms with Gasteiger partial charge in [-0.1, -0.05) is 0 Å². The Hall–Kier alpha value is -0.810. The maximum Gasteiger partial charge on any atom is 0.239 e. The van der Waals surface area contributed by atoms with Crippen LogP contribution in [0.15, 0.2) is 0 Å². The fraction of sp³-hybridized carbons (Fsp3) is 0.895. The molecule has 0 aromatic rings. The lowest BCUT2D eigenvalue weighted by atomic mass is 9.49. The molecule has 1 saturated heterocycles. The van der Waals surface area contributed by atoms with Crippen molar-refractivity contribution in [1.29, 1.82) is 0 Å². The largest absolute Gasteiger partial charge is 0.351 e. The third-order valence-electron chi connectivity index (χ3n) is 6.81. The normalized spacial score (nSPS) is 38.7. The smallest absolute Gasteiger partial charge is 0.239 e. The Balaban J connectivity index is 0.00000182. The molecular formula is C19H32ClN3O2. The molecule has 0 aromatic carbocycles. The van der Waals surface area contributed by atoms with Crippen LogP contribution in [0, 0.1) is 23.2 Å². The van der Waals surface area contributed by atoms with E-state index in [1.807, 2.05) is 0 Å². The standard InChI is InChI=1S/C19H31N3O2.ClH/c23-17(21-12-18(24)22-16-2-1-3-20-11-16)10-19-7-13-4-14(8-19)6-15(5-13)9-19;/h13-16,20H,1-12H2,(H,21,23)(H,22,24);1H. The monoisotopic (exact) mass is 369 g/mol. The van der Waals surface area contributed by atoms with E-state index in [9.17, 15) is 9.59 Å². The van der Waals surface area contributed by atoms with Crippen molar-refractivity contribution in [3.8, 4) is 0 Å². The minimum Gasteiger partial charge on any atom is -0.351 e. The van der Waals surface area contributed by atoms with Gasteiger partial charge in [0.25, 0.3) is 0 Å². The summed E-state index contributed by atoms with van der Waals surface area (Å²) in [5, 5.41) is 9.18. The van der Waals surface area contributed by atoms with Gasteiger partial charge in [-0.3, -0.25) is 9.59 Å². The SMILES string of the molecule is Cl.O=C(CC12CC3CC(CC(C3)C1)C2)NCC(=O)NC1CCCNC1. The van der Waals surface area contributed by atoms with Crippen LogP contribution in [0.2, 0.25) is 0 Å². The van der Waals surface area contributed by atoms with Gasteiger partial charge < -0.3 is 16.0 Å². The molecule has 2 amide bonds. The molecule has 5 nitrogen and oxygen atoms in total. The first kappa shape index (κ1) is 19.0. The maximum absolute atomic E-state index is 12.4. The predicted molar refractivity (Wildman–Crippen MR) is 99.5 cm³/mol. The number of hydrogen-bond acceptors (Lipinski definition) is 3. The second-order valence-electron chi connectivity index (χ2n) is 8.98. The molecule has 0 radical (unpaired) electrons. The number of piperidine rings is 1. The number of carbonyl (C=O) groups is 2. The van der Waals surface area contributed by atoms with Gasteiger partial charge in [0, 0.05) is 19.0 Å². The van der Waals surface area contributed by atoms with Gasteiger partial charge in [0.2, 0.25) is 11.8 Å². The van der Waals surface area contributed by atoms with Gasteiger partial charge in [-0.25, -0.2) is 0 Å². The molecule has 5 fully saturated rings. The van der Waals surface area contributed by atoms with Crippen LogP contribution in [0.1, 0.15) is 57.8 Å². The maximum atomic E-state index is 12.4. The van der Waals surface area contributed by atoms with Crippen LogP contribution >= 0.6 is 12.4 Å². The van der Waals surface area contributed by atoms with Crippen LogP contribution in [0.5, 0.6) is 0 Å². The van der Waals surface area contributed by atoms with Gasteiger partial charge in [-0.2, -0.15) is 0 Å². The van der Waals surface area contributed by atoms with Crippen molar-refractivity contribution in [2.45, 2.75) is 63.8 Å². The predicted octanol–water partition coefficient (Wildman–Crippen LogP) is 2.00. The van der Waals surface area contributed by atoms with Gasteiger partial charge in [-0.15, -0.1) is 12.4 Å². The van der Waals surface area contributed by atoms with E-state index in [1.165, 1.54) is 38.5 Å². The van der Waals surface area contributed by atoms with E-state index in [-0.39, 0.29) is 42.2 Å². The van der Waals surface area contributed by atoms with E-state index in [1.54, 1.807) is 0 Å². The molecule has 6 heteroatoms. The van der Waals surface area contributed by atoms with E-state index in [4.69, 9.17) is 0 Å². The zero-order chi connectivity index (χ0) is 16.6. The lowest BCUT2D eigenvalue weighted by Gasteiger charge is -2.56. The molecule has 3 N–H and O–H groups in total. The molecule has 1 heterocycles. The van der Waals surface area contributed by atoms with E-state index in [2.05, 4.69) is 16.0 Å². The molecule has 0 aromatic heterocycles. The summed E-state index contributed by atoms with van der Waals surface area (Å²) in [4.78, 5) is 24.4. The second kappa shape index (κ2) is 7.83. The van der Waals surface area contributed by atoms with Crippen molar-refractivity contribution < 1.29 is 9.59 Å². The molecule has 4 bridgehead atoms. The fourth-order valence-corrected chi connectivity index (χ4v) is 6.34. The summed E-state index contributed by atoms with van der Waals surface area (Å²) in [5.41, 5.74) is 0.253. The van der Waals surface area contributed by atoms with Crippen molar-refractivity contribution in [3.63, 3.8) is 0 Å². The Kier molecular flexibility index (Phi) is 5.94. The first-order valence-corrected chi connectivity index (χ1v) is 9.87. The summed E-state index contributed by atoms with van der Waals surface area (Å²) >= 11 is 0. The molecule has 1 unspecified atom stereocenters. The molecule has 5 aliphatic rings. The third kappa shape index (κ3) is 4.48. The highest BCUT2D eigenvalue weighted by Crippen LogP contribution is 2.61. The summed E-state index contributed by atoms with van der Waals surface area (Å²) in [6.45, 7) is 2.00. The first-order valence-electron chi connectivity index (χ1n) is 9.87. The summed E-state index contributed by atoms with van der Waals surface area (Å²) < 4.78 is 0.